The molecule has 3 aliphatic heterocycles. The molecule has 0 saturated carbocycles. The summed E-state index contributed by atoms with van der Waals surface area (Å²) in [6.07, 6.45) is -8.73. The number of cyclic esters (lactones) is 1. The fourth-order valence-electron chi connectivity index (χ4n) is 8.58. The van der Waals surface area contributed by atoms with Gasteiger partial charge in [0.2, 0.25) is 0 Å². The Labute approximate surface area is 322 Å². The molecule has 3 aliphatic rings. The maximum atomic E-state index is 14.2. The van der Waals surface area contributed by atoms with Crippen LogP contribution in [0.2, 0.25) is 0 Å². The molecule has 0 aromatic carbocycles. The molecule has 0 amide bonds. The van der Waals surface area contributed by atoms with Crippen molar-refractivity contribution in [3.05, 3.63) is 0 Å². The lowest BCUT2D eigenvalue weighted by Crippen LogP contribution is -2.61. The van der Waals surface area contributed by atoms with E-state index in [0.717, 1.165) is 7.11 Å². The van der Waals surface area contributed by atoms with E-state index in [2.05, 4.69) is 0 Å². The number of hydrogen-bond acceptors (Lipinski definition) is 15. The van der Waals surface area contributed by atoms with Crippen molar-refractivity contribution in [2.24, 2.45) is 23.7 Å². The summed E-state index contributed by atoms with van der Waals surface area (Å²) in [4.78, 5) is 30.1. The van der Waals surface area contributed by atoms with Crippen molar-refractivity contribution in [1.82, 2.24) is 4.90 Å². The number of Topliss-reactive ketones (excluding diaryl/α,β-unsaturated/α-hetero) is 1. The highest BCUT2D eigenvalue weighted by Gasteiger charge is 2.54. The average molecular weight is 780 g/mol. The highest BCUT2D eigenvalue weighted by Crippen LogP contribution is 2.41. The summed E-state index contributed by atoms with van der Waals surface area (Å²) in [5, 5.41) is 52.6. The molecule has 5 N–H and O–H groups in total. The van der Waals surface area contributed by atoms with Crippen LogP contribution in [0, 0.1) is 23.7 Å². The highest BCUT2D eigenvalue weighted by molar-refractivity contribution is 5.83. The second kappa shape index (κ2) is 19.9. The van der Waals surface area contributed by atoms with Crippen LogP contribution in [0.3, 0.4) is 0 Å². The molecule has 15 heteroatoms. The summed E-state index contributed by atoms with van der Waals surface area (Å²) in [5.74, 6) is -4.47. The van der Waals surface area contributed by atoms with Crippen LogP contribution in [0.15, 0.2) is 0 Å². The van der Waals surface area contributed by atoms with Gasteiger partial charge in [-0.05, 0) is 74.9 Å². The van der Waals surface area contributed by atoms with E-state index in [4.69, 9.17) is 38.3 Å². The van der Waals surface area contributed by atoms with Crippen LogP contribution in [-0.2, 0) is 42.7 Å². The predicted molar refractivity (Wildman–Crippen MR) is 199 cm³/mol. The second-order valence-electron chi connectivity index (χ2n) is 16.6. The van der Waals surface area contributed by atoms with Gasteiger partial charge in [-0.3, -0.25) is 9.59 Å². The molecular weight excluding hydrogens is 706 g/mol. The van der Waals surface area contributed by atoms with Crippen molar-refractivity contribution >= 4 is 11.8 Å². The molecule has 0 radical (unpaired) electrons. The largest absolute Gasteiger partial charge is 0.459 e. The molecular formula is C39H73NO14. The molecule has 0 aliphatic carbocycles. The lowest BCUT2D eigenvalue weighted by molar-refractivity contribution is -0.319. The number of carbonyl (C=O) groups is 2. The molecule has 15 nitrogen and oxygen atoms in total. The van der Waals surface area contributed by atoms with Crippen molar-refractivity contribution in [3.8, 4) is 0 Å². The summed E-state index contributed by atoms with van der Waals surface area (Å²) in [6.45, 7) is 17.1. The molecule has 54 heavy (non-hydrogen) atoms. The van der Waals surface area contributed by atoms with Crippen molar-refractivity contribution in [3.63, 3.8) is 0 Å². The molecule has 0 aromatic heterocycles. The Balaban J connectivity index is 0.00000495. The van der Waals surface area contributed by atoms with Gasteiger partial charge in [0, 0.05) is 51.5 Å². The third-order valence-corrected chi connectivity index (χ3v) is 12.3. The Morgan fingerprint density at radius 1 is 0.833 bits per heavy atom. The van der Waals surface area contributed by atoms with Crippen molar-refractivity contribution in [2.45, 2.75) is 179 Å². The average Bonchev–Trinajstić information content (AvgIpc) is 3.13. The van der Waals surface area contributed by atoms with Gasteiger partial charge >= 0.3 is 5.97 Å². The number of likely N-dealkylation sites (N-methyl/N-ethyl adjacent to an activating group) is 1. The summed E-state index contributed by atoms with van der Waals surface area (Å²) < 4.78 is 43.9. The highest BCUT2D eigenvalue weighted by atomic mass is 16.7. The minimum atomic E-state index is -1.96. The quantitative estimate of drug-likeness (QED) is 0.224. The van der Waals surface area contributed by atoms with Crippen molar-refractivity contribution < 1.29 is 68.3 Å². The molecule has 3 heterocycles. The molecule has 0 bridgehead atoms. The van der Waals surface area contributed by atoms with E-state index in [-0.39, 0.29) is 37.2 Å². The first kappa shape index (κ1) is 48.8. The van der Waals surface area contributed by atoms with Gasteiger partial charge in [-0.25, -0.2) is 0 Å². The lowest BCUT2D eigenvalue weighted by atomic mass is 9.74. The minimum Gasteiger partial charge on any atom is -0.459 e. The van der Waals surface area contributed by atoms with Gasteiger partial charge in [-0.2, -0.15) is 0 Å². The van der Waals surface area contributed by atoms with Crippen LogP contribution in [0.4, 0.5) is 0 Å². The Morgan fingerprint density at radius 3 is 1.93 bits per heavy atom. The number of aliphatic hydroxyl groups is 5. The third-order valence-electron chi connectivity index (χ3n) is 12.3. The molecule has 318 valence electrons. The summed E-state index contributed by atoms with van der Waals surface area (Å²) in [5.41, 5.74) is -4.24. The van der Waals surface area contributed by atoms with Crippen LogP contribution in [-0.4, -0.2) is 162 Å². The summed E-state index contributed by atoms with van der Waals surface area (Å²) >= 11 is 0. The zero-order chi connectivity index (χ0) is 41.7. The van der Waals surface area contributed by atoms with Crippen LogP contribution >= 0.6 is 0 Å². The SMILES string of the molecule is CC[C@H]1OC(=O)[C@H](C)[C@@H](O[C@H]2C[C@@](C)(OC)[C@@H](O)[C@H](C)O2)[C@H](C)[C@@H](O[C@@H]2O[C@H](C)C[C@H](N(C)C)[C@H]2O)[C@](C)(OC)C[C@@H](C)C(=O)[C@H](C)[C@@H](O)[C@]1(C)O.CO. The smallest absolute Gasteiger partial charge is 0.311 e. The van der Waals surface area contributed by atoms with Gasteiger partial charge in [0.15, 0.2) is 12.6 Å². The number of methoxy groups -OCH3 is 2. The van der Waals surface area contributed by atoms with Crippen LogP contribution < -0.4 is 0 Å². The number of aliphatic hydroxyl groups excluding tert-OH is 4. The monoisotopic (exact) mass is 780 g/mol. The van der Waals surface area contributed by atoms with Crippen LogP contribution in [0.5, 0.6) is 0 Å². The van der Waals surface area contributed by atoms with E-state index in [0.29, 0.717) is 6.42 Å². The van der Waals surface area contributed by atoms with Gasteiger partial charge in [0.05, 0.1) is 47.6 Å². The van der Waals surface area contributed by atoms with E-state index in [1.165, 1.54) is 21.1 Å². The topological polar surface area (TPSA) is 203 Å². The molecule has 3 fully saturated rings. The number of esters is 1. The summed E-state index contributed by atoms with van der Waals surface area (Å²) in [6, 6.07) is -0.283. The molecule has 0 unspecified atom stereocenters. The predicted octanol–water partition coefficient (Wildman–Crippen LogP) is 2.05. The Morgan fingerprint density at radius 2 is 1.41 bits per heavy atom. The van der Waals surface area contributed by atoms with Gasteiger partial charge in [0.25, 0.3) is 0 Å². The first-order valence-corrected chi connectivity index (χ1v) is 19.3. The van der Waals surface area contributed by atoms with Gasteiger partial charge in [0.1, 0.15) is 29.7 Å². The lowest BCUT2D eigenvalue weighted by Gasteiger charge is -2.50. The normalized spacial score (nSPS) is 47.3. The molecule has 18 atom stereocenters. The maximum absolute atomic E-state index is 14.2. The number of hydrogen-bond donors (Lipinski definition) is 5. The fourth-order valence-corrected chi connectivity index (χ4v) is 8.58. The maximum Gasteiger partial charge on any atom is 0.311 e. The van der Waals surface area contributed by atoms with Gasteiger partial charge in [-0.15, -0.1) is 0 Å². The van der Waals surface area contributed by atoms with Crippen molar-refractivity contribution in [1.29, 1.82) is 0 Å². The Hall–Kier alpha value is -1.34. The Bertz CT molecular complexity index is 1190. The van der Waals surface area contributed by atoms with Crippen molar-refractivity contribution in [2.75, 3.05) is 35.4 Å². The zero-order valence-electron chi connectivity index (χ0n) is 35.3. The second-order valence-corrected chi connectivity index (χ2v) is 16.6. The number of nitrogens with zero attached hydrogens (tertiary/aromatic N) is 1. The fraction of sp³-hybridized carbons (Fsp3) is 0.949. The van der Waals surface area contributed by atoms with E-state index in [1.54, 1.807) is 48.5 Å². The standard InChI is InChI=1S/C38H69NO13.CH4O/c1-15-26-38(10,45)31(42)21(4)28(40)19(2)17-37(9,47-14)33(52-35-29(41)25(39(11)12)16-20(3)48-35)22(5)30(23(6)34(44)50-26)51-27-18-36(8,46-13)32(43)24(7)49-27;1-2/h19-27,29-33,35,41-43,45H,15-18H2,1-14H3;2H,1H3/t19-,20-,21+,22+,23-,24+,25+,26-,27+,29-,30+,31-,32+,33-,35+,36-,37-,38-;/m1./s1. The zero-order valence-corrected chi connectivity index (χ0v) is 35.3. The number of ketones is 1. The number of ether oxygens (including phenoxy) is 7. The number of carbonyl (C=O) groups excluding carboxylic acids is 2. The summed E-state index contributed by atoms with van der Waals surface area (Å²) in [7, 11) is 7.77. The first-order valence-electron chi connectivity index (χ1n) is 19.3. The van der Waals surface area contributed by atoms with Gasteiger partial charge in [-0.1, -0.05) is 27.7 Å². The number of rotatable bonds is 8. The molecule has 0 aromatic rings. The van der Waals surface area contributed by atoms with E-state index < -0.39 is 102 Å². The minimum absolute atomic E-state index is 0.111. The molecule has 3 saturated heterocycles. The van der Waals surface area contributed by atoms with E-state index in [9.17, 15) is 30.0 Å². The van der Waals surface area contributed by atoms with Crippen LogP contribution in [0.25, 0.3) is 0 Å². The van der Waals surface area contributed by atoms with Crippen LogP contribution in [0.1, 0.15) is 94.9 Å². The Kier molecular flexibility index (Phi) is 18.0. The van der Waals surface area contributed by atoms with E-state index in [1.807, 2.05) is 32.8 Å². The third kappa shape index (κ3) is 10.6. The van der Waals surface area contributed by atoms with E-state index >= 15 is 0 Å². The molecule has 0 spiro atoms. The van der Waals surface area contributed by atoms with Gasteiger partial charge < -0.3 is 63.6 Å². The molecule has 3 rings (SSSR count). The first-order chi connectivity index (χ1) is 25.0.